The van der Waals surface area contributed by atoms with Gasteiger partial charge in [-0.15, -0.1) is 0 Å². The molecule has 40 heavy (non-hydrogen) atoms. The van der Waals surface area contributed by atoms with E-state index in [1.807, 2.05) is 60.7 Å². The van der Waals surface area contributed by atoms with E-state index in [0.717, 1.165) is 11.1 Å². The van der Waals surface area contributed by atoms with Crippen molar-refractivity contribution in [1.29, 1.82) is 0 Å². The molecule has 208 valence electrons. The van der Waals surface area contributed by atoms with Gasteiger partial charge in [-0.25, -0.2) is 4.79 Å². The number of benzene rings is 4. The fourth-order valence-corrected chi connectivity index (χ4v) is 5.58. The second-order valence-electron chi connectivity index (χ2n) is 8.79. The highest BCUT2D eigenvalue weighted by Crippen LogP contribution is 2.20. The van der Waals surface area contributed by atoms with Gasteiger partial charge in [0.1, 0.15) is 11.5 Å². The summed E-state index contributed by atoms with van der Waals surface area (Å²) in [6, 6.07) is 29.8. The highest BCUT2D eigenvalue weighted by Gasteiger charge is 2.15. The Hall–Kier alpha value is -4.35. The highest BCUT2D eigenvalue weighted by molar-refractivity contribution is 7.87. The summed E-state index contributed by atoms with van der Waals surface area (Å²) in [5.74, 6) is -0.0622. The molecule has 2 N–H and O–H groups in total. The second kappa shape index (κ2) is 13.1. The quantitative estimate of drug-likeness (QED) is 0.220. The van der Waals surface area contributed by atoms with Gasteiger partial charge in [0.25, 0.3) is 0 Å². The van der Waals surface area contributed by atoms with Crippen molar-refractivity contribution in [3.05, 3.63) is 120 Å². The lowest BCUT2D eigenvalue weighted by Crippen LogP contribution is -2.19. The summed E-state index contributed by atoms with van der Waals surface area (Å²) in [7, 11) is -7.58. The summed E-state index contributed by atoms with van der Waals surface area (Å²) < 4.78 is 59.5. The lowest BCUT2D eigenvalue weighted by atomic mass is 10.2. The molecule has 4 aromatic rings. The van der Waals surface area contributed by atoms with Gasteiger partial charge in [0.2, 0.25) is 0 Å². The van der Waals surface area contributed by atoms with Gasteiger partial charge < -0.3 is 19.0 Å². The molecule has 0 radical (unpaired) electrons. The van der Waals surface area contributed by atoms with Gasteiger partial charge in [-0.1, -0.05) is 60.7 Å². The largest absolute Gasteiger partial charge is 0.382 e. The van der Waals surface area contributed by atoms with Crippen LogP contribution < -0.4 is 19.0 Å². The minimum absolute atomic E-state index is 0.133. The van der Waals surface area contributed by atoms with E-state index in [2.05, 4.69) is 10.6 Å². The van der Waals surface area contributed by atoms with Crippen LogP contribution in [-0.4, -0.2) is 34.4 Å². The van der Waals surface area contributed by atoms with Gasteiger partial charge in [-0.2, -0.15) is 16.8 Å². The van der Waals surface area contributed by atoms with Crippen molar-refractivity contribution in [3.63, 3.8) is 0 Å². The monoisotopic (exact) mass is 580 g/mol. The topological polar surface area (TPSA) is 128 Å². The third kappa shape index (κ3) is 9.44. The number of hydrogen-bond donors (Lipinski definition) is 2. The summed E-state index contributed by atoms with van der Waals surface area (Å²) in [6.07, 6.45) is 0.667. The number of anilines is 2. The number of rotatable bonds is 12. The van der Waals surface area contributed by atoms with Gasteiger partial charge in [0, 0.05) is 11.4 Å². The van der Waals surface area contributed by atoms with E-state index in [0.29, 0.717) is 24.2 Å². The number of hydrogen-bond acceptors (Lipinski definition) is 7. The van der Waals surface area contributed by atoms with Crippen LogP contribution in [0, 0.1) is 0 Å². The van der Waals surface area contributed by atoms with Crippen molar-refractivity contribution in [2.24, 2.45) is 0 Å². The van der Waals surface area contributed by atoms with Crippen LogP contribution >= 0.6 is 0 Å². The van der Waals surface area contributed by atoms with E-state index < -0.39 is 26.3 Å². The predicted molar refractivity (Wildman–Crippen MR) is 155 cm³/mol. The van der Waals surface area contributed by atoms with Crippen LogP contribution in [0.4, 0.5) is 16.2 Å². The van der Waals surface area contributed by atoms with Crippen molar-refractivity contribution in [3.8, 4) is 11.5 Å². The predicted octanol–water partition coefficient (Wildman–Crippen LogP) is 5.23. The maximum atomic E-state index is 12.4. The molecule has 0 unspecified atom stereocenters. The van der Waals surface area contributed by atoms with Gasteiger partial charge in [-0.05, 0) is 72.5 Å². The zero-order valence-electron chi connectivity index (χ0n) is 21.4. The molecular formula is C29H28N2O7S2. The highest BCUT2D eigenvalue weighted by atomic mass is 32.2. The third-order valence-corrected chi connectivity index (χ3v) is 7.94. The maximum absolute atomic E-state index is 12.4. The average Bonchev–Trinajstić information content (AvgIpc) is 2.94. The Morgan fingerprint density at radius 3 is 1.23 bits per heavy atom. The first kappa shape index (κ1) is 28.7. The standard InChI is InChI=1S/C29H28N2O7S2/c32-29(30-25-11-15-27(16-12-25)37-39(33,34)21-19-23-7-3-1-4-8-23)31-26-13-17-28(18-14-26)38-40(35,36)22-20-24-9-5-2-6-10-24/h1-18H,19-22H2,(H2,30,31,32). The molecular weight excluding hydrogens is 552 g/mol. The molecule has 11 heteroatoms. The van der Waals surface area contributed by atoms with Crippen molar-refractivity contribution in [2.45, 2.75) is 12.8 Å². The second-order valence-corrected chi connectivity index (χ2v) is 12.2. The van der Waals surface area contributed by atoms with Gasteiger partial charge in [0.15, 0.2) is 0 Å². The van der Waals surface area contributed by atoms with Gasteiger partial charge >= 0.3 is 26.3 Å². The first-order chi connectivity index (χ1) is 19.2. The molecule has 0 fully saturated rings. The van der Waals surface area contributed by atoms with E-state index in [4.69, 9.17) is 8.37 Å². The normalized spacial score (nSPS) is 11.4. The molecule has 4 aromatic carbocycles. The smallest absolute Gasteiger partial charge is 0.323 e. The van der Waals surface area contributed by atoms with Crippen LogP contribution in [0.2, 0.25) is 0 Å². The number of carbonyl (C=O) groups excluding carboxylic acids is 1. The summed E-state index contributed by atoms with van der Waals surface area (Å²) in [5, 5.41) is 5.26. The molecule has 0 atom stereocenters. The zero-order chi connectivity index (χ0) is 28.4. The van der Waals surface area contributed by atoms with Crippen LogP contribution in [0.25, 0.3) is 0 Å². The Balaban J connectivity index is 1.23. The van der Waals surface area contributed by atoms with Gasteiger partial charge in [0.05, 0.1) is 11.5 Å². The summed E-state index contributed by atoms with van der Waals surface area (Å²) in [6.45, 7) is 0. The van der Waals surface area contributed by atoms with E-state index in [1.165, 1.54) is 48.5 Å². The molecule has 9 nitrogen and oxygen atoms in total. The molecule has 2 amide bonds. The molecule has 0 aliphatic carbocycles. The lowest BCUT2D eigenvalue weighted by molar-refractivity contribution is 0.262. The molecule has 0 bridgehead atoms. The Morgan fingerprint density at radius 1 is 0.525 bits per heavy atom. The molecule has 0 saturated carbocycles. The molecule has 0 heterocycles. The molecule has 0 aliphatic heterocycles. The van der Waals surface area contributed by atoms with Crippen molar-refractivity contribution in [2.75, 3.05) is 22.1 Å². The van der Waals surface area contributed by atoms with E-state index in [1.54, 1.807) is 0 Å². The van der Waals surface area contributed by atoms with Crippen molar-refractivity contribution >= 4 is 37.6 Å². The Labute approximate surface area is 234 Å². The number of amides is 2. The van der Waals surface area contributed by atoms with Crippen molar-refractivity contribution < 1.29 is 30.0 Å². The van der Waals surface area contributed by atoms with E-state index in [9.17, 15) is 21.6 Å². The van der Waals surface area contributed by atoms with Crippen molar-refractivity contribution in [1.82, 2.24) is 0 Å². The first-order valence-corrected chi connectivity index (χ1v) is 15.5. The number of carbonyl (C=O) groups is 1. The summed E-state index contributed by atoms with van der Waals surface area (Å²) in [4.78, 5) is 12.4. The molecule has 0 aliphatic rings. The molecule has 0 spiro atoms. The van der Waals surface area contributed by atoms with Crippen LogP contribution in [-0.2, 0) is 33.1 Å². The number of nitrogens with one attached hydrogen (secondary N) is 2. The Bertz CT molecular complexity index is 1490. The third-order valence-electron chi connectivity index (χ3n) is 5.64. The first-order valence-electron chi connectivity index (χ1n) is 12.4. The Kier molecular flexibility index (Phi) is 9.41. The molecule has 4 rings (SSSR count). The van der Waals surface area contributed by atoms with E-state index >= 15 is 0 Å². The number of aryl methyl sites for hydroxylation is 2. The fourth-order valence-electron chi connectivity index (χ4n) is 3.63. The van der Waals surface area contributed by atoms with Crippen LogP contribution in [0.3, 0.4) is 0 Å². The minimum Gasteiger partial charge on any atom is -0.382 e. The SMILES string of the molecule is O=C(Nc1ccc(OS(=O)(=O)CCc2ccccc2)cc1)Nc1ccc(OS(=O)(=O)CCc2ccccc2)cc1. The summed E-state index contributed by atoms with van der Waals surface area (Å²) >= 11 is 0. The van der Waals surface area contributed by atoms with Crippen LogP contribution in [0.15, 0.2) is 109 Å². The van der Waals surface area contributed by atoms with Gasteiger partial charge in [-0.3, -0.25) is 0 Å². The average molecular weight is 581 g/mol. The lowest BCUT2D eigenvalue weighted by Gasteiger charge is -2.11. The minimum atomic E-state index is -3.79. The zero-order valence-corrected chi connectivity index (χ0v) is 23.0. The van der Waals surface area contributed by atoms with E-state index in [-0.39, 0.29) is 23.0 Å². The Morgan fingerprint density at radius 2 is 0.875 bits per heavy atom. The maximum Gasteiger partial charge on any atom is 0.323 e. The number of urea groups is 1. The fraction of sp³-hybridized carbons (Fsp3) is 0.138. The molecule has 0 saturated heterocycles. The summed E-state index contributed by atoms with van der Waals surface area (Å²) in [5.41, 5.74) is 2.62. The van der Waals surface area contributed by atoms with Crippen LogP contribution in [0.5, 0.6) is 11.5 Å². The molecule has 0 aromatic heterocycles. The van der Waals surface area contributed by atoms with Crippen LogP contribution in [0.1, 0.15) is 11.1 Å².